The van der Waals surface area contributed by atoms with E-state index in [1.165, 1.54) is 0 Å². The molecule has 20 heavy (non-hydrogen) atoms. The third-order valence-corrected chi connectivity index (χ3v) is 3.10. The number of nitrogens with two attached hydrogens (primary N) is 1. The number of carbonyl (C=O) groups excluding carboxylic acids is 1. The topological polar surface area (TPSA) is 92.4 Å². The maximum Gasteiger partial charge on any atom is 0.338 e. The maximum atomic E-state index is 13.5. The average molecular weight is 286 g/mol. The molecular weight excluding hydrogens is 270 g/mol. The molecule has 2 atom stereocenters. The molecule has 1 amide bonds. The summed E-state index contributed by atoms with van der Waals surface area (Å²) >= 11 is 0. The molecular formula is C13H16F2N2O3. The Morgan fingerprint density at radius 1 is 1.35 bits per heavy atom. The monoisotopic (exact) mass is 286 g/mol. The number of amides is 1. The van der Waals surface area contributed by atoms with E-state index >= 15 is 0 Å². The molecule has 0 aliphatic carbocycles. The van der Waals surface area contributed by atoms with Crippen LogP contribution < -0.4 is 11.1 Å². The van der Waals surface area contributed by atoms with Gasteiger partial charge in [0, 0.05) is 6.07 Å². The third kappa shape index (κ3) is 3.51. The lowest BCUT2D eigenvalue weighted by atomic mass is 9.99. The first-order chi connectivity index (χ1) is 9.27. The van der Waals surface area contributed by atoms with Crippen molar-refractivity contribution in [3.05, 3.63) is 29.3 Å². The van der Waals surface area contributed by atoms with Crippen molar-refractivity contribution >= 4 is 17.6 Å². The fourth-order valence-corrected chi connectivity index (χ4v) is 1.54. The van der Waals surface area contributed by atoms with E-state index in [9.17, 15) is 18.4 Å². The SMILES string of the molecule is CC[C@H](C)[C@H](N)C(=O)Nc1cc(C(=O)O)c(F)cc1F. The molecule has 0 radical (unpaired) electrons. The fourth-order valence-electron chi connectivity index (χ4n) is 1.54. The number of nitrogens with one attached hydrogen (secondary N) is 1. The molecule has 0 bridgehead atoms. The molecule has 1 aromatic rings. The predicted octanol–water partition coefficient (Wildman–Crippen LogP) is 1.97. The van der Waals surface area contributed by atoms with Gasteiger partial charge in [0.25, 0.3) is 0 Å². The van der Waals surface area contributed by atoms with Crippen LogP contribution in [-0.2, 0) is 4.79 Å². The van der Waals surface area contributed by atoms with Crippen molar-refractivity contribution < 1.29 is 23.5 Å². The second-order valence-electron chi connectivity index (χ2n) is 4.52. The number of aromatic carboxylic acids is 1. The van der Waals surface area contributed by atoms with Gasteiger partial charge in [-0.05, 0) is 12.0 Å². The second-order valence-corrected chi connectivity index (χ2v) is 4.52. The molecule has 4 N–H and O–H groups in total. The van der Waals surface area contributed by atoms with Crippen LogP contribution in [0.5, 0.6) is 0 Å². The number of rotatable bonds is 5. The molecule has 7 heteroatoms. The molecule has 0 heterocycles. The van der Waals surface area contributed by atoms with Crippen molar-refractivity contribution in [2.75, 3.05) is 5.32 Å². The number of anilines is 1. The van der Waals surface area contributed by atoms with Gasteiger partial charge >= 0.3 is 5.97 Å². The second kappa shape index (κ2) is 6.42. The van der Waals surface area contributed by atoms with Gasteiger partial charge in [-0.15, -0.1) is 0 Å². The molecule has 0 fully saturated rings. The summed E-state index contributed by atoms with van der Waals surface area (Å²) in [6.07, 6.45) is 0.654. The van der Waals surface area contributed by atoms with E-state index in [0.717, 1.165) is 6.07 Å². The third-order valence-electron chi connectivity index (χ3n) is 3.10. The summed E-state index contributed by atoms with van der Waals surface area (Å²) in [5.74, 6) is -4.60. The van der Waals surface area contributed by atoms with Crippen molar-refractivity contribution in [2.45, 2.75) is 26.3 Å². The average Bonchev–Trinajstić information content (AvgIpc) is 2.39. The molecule has 110 valence electrons. The number of carboxylic acids is 1. The van der Waals surface area contributed by atoms with Crippen LogP contribution in [0.2, 0.25) is 0 Å². The Kier molecular flexibility index (Phi) is 5.15. The molecule has 5 nitrogen and oxygen atoms in total. The van der Waals surface area contributed by atoms with Crippen LogP contribution in [0.15, 0.2) is 12.1 Å². The standard InChI is InChI=1S/C13H16F2N2O3/c1-3-6(2)11(16)12(18)17-10-4-7(13(19)20)8(14)5-9(10)15/h4-6,11H,3,16H2,1-2H3,(H,17,18)(H,19,20)/t6-,11-/m0/s1. The first-order valence-corrected chi connectivity index (χ1v) is 6.06. The number of carbonyl (C=O) groups is 2. The highest BCUT2D eigenvalue weighted by Crippen LogP contribution is 2.20. The van der Waals surface area contributed by atoms with Gasteiger partial charge in [-0.25, -0.2) is 13.6 Å². The summed E-state index contributed by atoms with van der Waals surface area (Å²) in [5, 5.41) is 10.9. The molecule has 0 aliphatic heterocycles. The van der Waals surface area contributed by atoms with E-state index in [2.05, 4.69) is 5.32 Å². The Morgan fingerprint density at radius 3 is 2.45 bits per heavy atom. The van der Waals surface area contributed by atoms with Gasteiger partial charge in [-0.2, -0.15) is 0 Å². The molecule has 0 saturated heterocycles. The lowest BCUT2D eigenvalue weighted by Gasteiger charge is -2.18. The number of hydrogen-bond acceptors (Lipinski definition) is 3. The summed E-state index contributed by atoms with van der Waals surface area (Å²) in [5.41, 5.74) is 4.54. The summed E-state index contributed by atoms with van der Waals surface area (Å²) < 4.78 is 26.7. The van der Waals surface area contributed by atoms with Crippen LogP contribution >= 0.6 is 0 Å². The van der Waals surface area contributed by atoms with Gasteiger partial charge in [0.15, 0.2) is 0 Å². The molecule has 1 aromatic carbocycles. The van der Waals surface area contributed by atoms with Gasteiger partial charge in [-0.3, -0.25) is 4.79 Å². The molecule has 1 rings (SSSR count). The van der Waals surface area contributed by atoms with Gasteiger partial charge in [-0.1, -0.05) is 20.3 Å². The van der Waals surface area contributed by atoms with Gasteiger partial charge in [0.05, 0.1) is 17.3 Å². The Labute approximate surface area is 114 Å². The highest BCUT2D eigenvalue weighted by Gasteiger charge is 2.22. The van der Waals surface area contributed by atoms with E-state index in [1.54, 1.807) is 6.92 Å². The first kappa shape index (κ1) is 16.0. The van der Waals surface area contributed by atoms with Gasteiger partial charge in [0.1, 0.15) is 11.6 Å². The van der Waals surface area contributed by atoms with Crippen LogP contribution in [0.4, 0.5) is 14.5 Å². The van der Waals surface area contributed by atoms with E-state index in [4.69, 9.17) is 10.8 Å². The zero-order valence-corrected chi connectivity index (χ0v) is 11.1. The number of halogens is 2. The summed E-state index contributed by atoms with van der Waals surface area (Å²) in [7, 11) is 0. The van der Waals surface area contributed by atoms with Crippen LogP contribution in [0.1, 0.15) is 30.6 Å². The highest BCUT2D eigenvalue weighted by atomic mass is 19.1. The van der Waals surface area contributed by atoms with E-state index in [-0.39, 0.29) is 5.92 Å². The highest BCUT2D eigenvalue weighted by molar-refractivity contribution is 5.96. The van der Waals surface area contributed by atoms with Gasteiger partial charge < -0.3 is 16.2 Å². The largest absolute Gasteiger partial charge is 0.478 e. The van der Waals surface area contributed by atoms with Crippen molar-refractivity contribution in [3.63, 3.8) is 0 Å². The Bertz CT molecular complexity index is 535. The zero-order valence-electron chi connectivity index (χ0n) is 11.1. The minimum Gasteiger partial charge on any atom is -0.478 e. The predicted molar refractivity (Wildman–Crippen MR) is 69.4 cm³/mol. The van der Waals surface area contributed by atoms with Crippen molar-refractivity contribution in [3.8, 4) is 0 Å². The molecule has 0 aromatic heterocycles. The minimum absolute atomic E-state index is 0.127. The molecule has 0 saturated carbocycles. The zero-order chi connectivity index (χ0) is 15.4. The number of benzene rings is 1. The Balaban J connectivity index is 3.01. The normalized spacial score (nSPS) is 13.7. The lowest BCUT2D eigenvalue weighted by Crippen LogP contribution is -2.40. The van der Waals surface area contributed by atoms with E-state index in [0.29, 0.717) is 12.5 Å². The van der Waals surface area contributed by atoms with Gasteiger partial charge in [0.2, 0.25) is 5.91 Å². The number of hydrogen-bond donors (Lipinski definition) is 3. The molecule has 0 spiro atoms. The van der Waals surface area contributed by atoms with Crippen LogP contribution in [0, 0.1) is 17.6 Å². The maximum absolute atomic E-state index is 13.5. The van der Waals surface area contributed by atoms with Crippen molar-refractivity contribution in [1.29, 1.82) is 0 Å². The van der Waals surface area contributed by atoms with Crippen molar-refractivity contribution in [2.24, 2.45) is 11.7 Å². The molecule has 0 unspecified atom stereocenters. The molecule has 0 aliphatic rings. The summed E-state index contributed by atoms with van der Waals surface area (Å²) in [6, 6.07) is 0.278. The number of carboxylic acid groups (broad SMARTS) is 1. The van der Waals surface area contributed by atoms with Crippen LogP contribution in [0.3, 0.4) is 0 Å². The minimum atomic E-state index is -1.55. The van der Waals surface area contributed by atoms with Crippen molar-refractivity contribution in [1.82, 2.24) is 0 Å². The fraction of sp³-hybridized carbons (Fsp3) is 0.385. The van der Waals surface area contributed by atoms with Crippen LogP contribution in [0.25, 0.3) is 0 Å². The Morgan fingerprint density at radius 2 is 1.95 bits per heavy atom. The quantitative estimate of drug-likeness (QED) is 0.771. The van der Waals surface area contributed by atoms with E-state index < -0.39 is 40.8 Å². The Hall–Kier alpha value is -2.02. The smallest absolute Gasteiger partial charge is 0.338 e. The van der Waals surface area contributed by atoms with E-state index in [1.807, 2.05) is 6.92 Å². The summed E-state index contributed by atoms with van der Waals surface area (Å²) in [4.78, 5) is 22.5. The summed E-state index contributed by atoms with van der Waals surface area (Å²) in [6.45, 7) is 3.60. The van der Waals surface area contributed by atoms with Crippen LogP contribution in [-0.4, -0.2) is 23.0 Å². The first-order valence-electron chi connectivity index (χ1n) is 6.06. The lowest BCUT2D eigenvalue weighted by molar-refractivity contribution is -0.118.